The van der Waals surface area contributed by atoms with Gasteiger partial charge in [-0.15, -0.1) is 11.3 Å². The van der Waals surface area contributed by atoms with E-state index >= 15 is 0 Å². The smallest absolute Gasteiger partial charge is 0.242 e. The van der Waals surface area contributed by atoms with Crippen molar-refractivity contribution in [1.29, 1.82) is 0 Å². The molecular formula is C13H19BrN2O3S2. The average molecular weight is 395 g/mol. The normalized spacial score (nSPS) is 25.8. The van der Waals surface area contributed by atoms with Gasteiger partial charge < -0.3 is 10.1 Å². The van der Waals surface area contributed by atoms with E-state index in [-0.39, 0.29) is 12.1 Å². The van der Waals surface area contributed by atoms with Crippen molar-refractivity contribution in [3.05, 3.63) is 14.7 Å². The molecule has 3 rings (SSSR count). The molecule has 2 saturated carbocycles. The quantitative estimate of drug-likeness (QED) is 0.743. The van der Waals surface area contributed by atoms with Gasteiger partial charge in [-0.25, -0.2) is 13.1 Å². The van der Waals surface area contributed by atoms with Crippen molar-refractivity contribution >= 4 is 37.3 Å². The molecule has 0 amide bonds. The minimum absolute atomic E-state index is 0.0141. The minimum Gasteiger partial charge on any atom is -0.381 e. The molecule has 2 aliphatic rings. The van der Waals surface area contributed by atoms with Crippen LogP contribution in [0.4, 0.5) is 0 Å². The van der Waals surface area contributed by atoms with Crippen LogP contribution in [0.1, 0.15) is 30.6 Å². The largest absolute Gasteiger partial charge is 0.381 e. The fourth-order valence-corrected chi connectivity index (χ4v) is 6.23. The van der Waals surface area contributed by atoms with E-state index in [4.69, 9.17) is 4.74 Å². The van der Waals surface area contributed by atoms with Crippen molar-refractivity contribution in [3.8, 4) is 0 Å². The van der Waals surface area contributed by atoms with E-state index in [0.29, 0.717) is 14.7 Å². The monoisotopic (exact) mass is 394 g/mol. The van der Waals surface area contributed by atoms with Crippen molar-refractivity contribution in [2.24, 2.45) is 0 Å². The first kappa shape index (κ1) is 15.9. The Morgan fingerprint density at radius 2 is 2.10 bits per heavy atom. The van der Waals surface area contributed by atoms with Gasteiger partial charge in [-0.1, -0.05) is 0 Å². The Morgan fingerprint density at radius 1 is 1.38 bits per heavy atom. The van der Waals surface area contributed by atoms with Gasteiger partial charge in [-0.3, -0.25) is 0 Å². The summed E-state index contributed by atoms with van der Waals surface area (Å²) in [5.74, 6) is 0. The van der Waals surface area contributed by atoms with Crippen LogP contribution in [0.2, 0.25) is 0 Å². The first-order valence-corrected chi connectivity index (χ1v) is 10.1. The molecule has 0 aromatic carbocycles. The predicted molar refractivity (Wildman–Crippen MR) is 86.0 cm³/mol. The molecule has 0 saturated heterocycles. The highest BCUT2D eigenvalue weighted by Gasteiger charge is 2.33. The third-order valence-corrected chi connectivity index (χ3v) is 7.66. The Balaban J connectivity index is 1.63. The summed E-state index contributed by atoms with van der Waals surface area (Å²) in [5.41, 5.74) is 0. The standard InChI is InChI=1S/C13H19BrN2O3S2/c1-19-10-4-9(5-10)16-21(17,18)12-6-11(20-13(12)14)7-15-8-2-3-8/h6,8-10,15-16H,2-5,7H2,1H3. The molecule has 2 N–H and O–H groups in total. The summed E-state index contributed by atoms with van der Waals surface area (Å²) in [5, 5.41) is 3.40. The second-order valence-corrected chi connectivity index (χ2v) is 9.79. The molecule has 1 aromatic rings. The highest BCUT2D eigenvalue weighted by molar-refractivity contribution is 9.11. The maximum atomic E-state index is 12.4. The summed E-state index contributed by atoms with van der Waals surface area (Å²) >= 11 is 4.86. The third kappa shape index (κ3) is 3.86. The second kappa shape index (κ2) is 6.25. The van der Waals surface area contributed by atoms with Gasteiger partial charge in [-0.05, 0) is 47.7 Å². The zero-order valence-electron chi connectivity index (χ0n) is 11.8. The molecule has 0 unspecified atom stereocenters. The van der Waals surface area contributed by atoms with E-state index < -0.39 is 10.0 Å². The first-order chi connectivity index (χ1) is 9.98. The number of nitrogens with one attached hydrogen (secondary N) is 2. The average Bonchev–Trinajstić information content (AvgIpc) is 3.13. The van der Waals surface area contributed by atoms with Crippen LogP contribution in [0.3, 0.4) is 0 Å². The lowest BCUT2D eigenvalue weighted by atomic mass is 9.90. The molecule has 1 aromatic heterocycles. The van der Waals surface area contributed by atoms with Gasteiger partial charge in [0.05, 0.1) is 9.89 Å². The lowest BCUT2D eigenvalue weighted by Gasteiger charge is -2.34. The predicted octanol–water partition coefficient (Wildman–Crippen LogP) is 2.22. The topological polar surface area (TPSA) is 67.4 Å². The van der Waals surface area contributed by atoms with E-state index in [2.05, 4.69) is 26.0 Å². The number of ether oxygens (including phenoxy) is 1. The third-order valence-electron chi connectivity index (χ3n) is 3.89. The van der Waals surface area contributed by atoms with Crippen molar-refractivity contribution < 1.29 is 13.2 Å². The molecule has 0 atom stereocenters. The number of methoxy groups -OCH3 is 1. The van der Waals surface area contributed by atoms with Gasteiger partial charge in [0.25, 0.3) is 0 Å². The number of hydrogen-bond acceptors (Lipinski definition) is 5. The molecular weight excluding hydrogens is 376 g/mol. The fourth-order valence-electron chi connectivity index (χ4n) is 2.34. The second-order valence-electron chi connectivity index (χ2n) is 5.65. The molecule has 1 heterocycles. The van der Waals surface area contributed by atoms with Crippen LogP contribution >= 0.6 is 27.3 Å². The number of rotatable bonds is 7. The van der Waals surface area contributed by atoms with Gasteiger partial charge in [0.15, 0.2) is 0 Å². The van der Waals surface area contributed by atoms with Crippen LogP contribution in [-0.4, -0.2) is 33.7 Å². The lowest BCUT2D eigenvalue weighted by Crippen LogP contribution is -2.47. The highest BCUT2D eigenvalue weighted by Crippen LogP contribution is 2.33. The molecule has 0 spiro atoms. The Kier molecular flexibility index (Phi) is 4.73. The molecule has 0 bridgehead atoms. The van der Waals surface area contributed by atoms with Crippen LogP contribution in [0.5, 0.6) is 0 Å². The van der Waals surface area contributed by atoms with Crippen molar-refractivity contribution in [3.63, 3.8) is 0 Å². The van der Waals surface area contributed by atoms with Gasteiger partial charge in [-0.2, -0.15) is 0 Å². The molecule has 2 aliphatic carbocycles. The highest BCUT2D eigenvalue weighted by atomic mass is 79.9. The van der Waals surface area contributed by atoms with Gasteiger partial charge in [0.1, 0.15) is 4.90 Å². The number of thiophene rings is 1. The number of halogens is 1. The maximum absolute atomic E-state index is 12.4. The van der Waals surface area contributed by atoms with Gasteiger partial charge >= 0.3 is 0 Å². The molecule has 21 heavy (non-hydrogen) atoms. The number of hydrogen-bond donors (Lipinski definition) is 2. The molecule has 118 valence electrons. The Morgan fingerprint density at radius 3 is 2.71 bits per heavy atom. The molecule has 2 fully saturated rings. The fraction of sp³-hybridized carbons (Fsp3) is 0.692. The SMILES string of the molecule is COC1CC(NS(=O)(=O)c2cc(CNC3CC3)sc2Br)C1. The molecule has 8 heteroatoms. The minimum atomic E-state index is -3.45. The first-order valence-electron chi connectivity index (χ1n) is 7.04. The van der Waals surface area contributed by atoms with Crippen LogP contribution in [0.15, 0.2) is 14.7 Å². The Labute approximate surface area is 137 Å². The molecule has 0 radical (unpaired) electrons. The van der Waals surface area contributed by atoms with Crippen LogP contribution in [0, 0.1) is 0 Å². The van der Waals surface area contributed by atoms with E-state index in [1.807, 2.05) is 0 Å². The van der Waals surface area contributed by atoms with Crippen LogP contribution in [0.25, 0.3) is 0 Å². The Bertz CT molecular complexity index is 607. The summed E-state index contributed by atoms with van der Waals surface area (Å²) in [7, 11) is -1.80. The van der Waals surface area contributed by atoms with Gasteiger partial charge in [0, 0.05) is 30.6 Å². The van der Waals surface area contributed by atoms with Crippen molar-refractivity contribution in [2.75, 3.05) is 7.11 Å². The summed E-state index contributed by atoms with van der Waals surface area (Å²) < 4.78 is 33.4. The molecule has 0 aliphatic heterocycles. The Hall–Kier alpha value is 0.01000. The van der Waals surface area contributed by atoms with E-state index in [9.17, 15) is 8.42 Å². The summed E-state index contributed by atoms with van der Waals surface area (Å²) in [4.78, 5) is 1.39. The van der Waals surface area contributed by atoms with Gasteiger partial charge in [0.2, 0.25) is 10.0 Å². The van der Waals surface area contributed by atoms with Crippen molar-refractivity contribution in [1.82, 2.24) is 10.0 Å². The zero-order chi connectivity index (χ0) is 15.0. The van der Waals surface area contributed by atoms with Crippen LogP contribution < -0.4 is 10.0 Å². The van der Waals surface area contributed by atoms with E-state index in [1.54, 1.807) is 13.2 Å². The van der Waals surface area contributed by atoms with E-state index in [0.717, 1.165) is 24.3 Å². The summed E-state index contributed by atoms with van der Waals surface area (Å²) in [6, 6.07) is 2.36. The summed E-state index contributed by atoms with van der Waals surface area (Å²) in [6.07, 6.45) is 4.12. The molecule has 5 nitrogen and oxygen atoms in total. The summed E-state index contributed by atoms with van der Waals surface area (Å²) in [6.45, 7) is 0.735. The lowest BCUT2D eigenvalue weighted by molar-refractivity contribution is 0.0236. The van der Waals surface area contributed by atoms with Crippen molar-refractivity contribution in [2.45, 2.75) is 55.3 Å². The van der Waals surface area contributed by atoms with Crippen LogP contribution in [-0.2, 0) is 21.3 Å². The zero-order valence-corrected chi connectivity index (χ0v) is 15.0. The maximum Gasteiger partial charge on any atom is 0.242 e. The number of sulfonamides is 1. The van der Waals surface area contributed by atoms with E-state index in [1.165, 1.54) is 24.2 Å².